The van der Waals surface area contributed by atoms with E-state index in [9.17, 15) is 0 Å². The molecule has 5 nitrogen and oxygen atoms in total. The van der Waals surface area contributed by atoms with Gasteiger partial charge in [0.15, 0.2) is 0 Å². The molecule has 2 aromatic rings. The van der Waals surface area contributed by atoms with Crippen molar-refractivity contribution in [1.82, 2.24) is 24.9 Å². The number of nitrogens with one attached hydrogen (secondary N) is 1. The Morgan fingerprint density at radius 1 is 1.50 bits per heavy atom. The summed E-state index contributed by atoms with van der Waals surface area (Å²) in [6.45, 7) is 5.39. The monoisotopic (exact) mass is 245 g/mol. The van der Waals surface area contributed by atoms with E-state index >= 15 is 0 Å². The Morgan fingerprint density at radius 2 is 2.39 bits per heavy atom. The lowest BCUT2D eigenvalue weighted by Gasteiger charge is -2.15. The van der Waals surface area contributed by atoms with Crippen LogP contribution in [0.5, 0.6) is 0 Å². The molecule has 0 saturated carbocycles. The first kappa shape index (κ1) is 11.5. The van der Waals surface area contributed by atoms with Gasteiger partial charge in [-0.3, -0.25) is 14.7 Å². The molecule has 1 saturated heterocycles. The van der Waals surface area contributed by atoms with Crippen LogP contribution in [0.15, 0.2) is 18.5 Å². The van der Waals surface area contributed by atoms with Crippen molar-refractivity contribution in [2.24, 2.45) is 7.05 Å². The minimum atomic E-state index is 0.601. The lowest BCUT2D eigenvalue weighted by atomic mass is 10.1. The van der Waals surface area contributed by atoms with Gasteiger partial charge in [-0.1, -0.05) is 0 Å². The molecule has 3 heterocycles. The van der Waals surface area contributed by atoms with Gasteiger partial charge in [0, 0.05) is 49.2 Å². The molecule has 0 aromatic carbocycles. The molecule has 1 N–H and O–H groups in total. The molecule has 0 spiro atoms. The summed E-state index contributed by atoms with van der Waals surface area (Å²) >= 11 is 0. The van der Waals surface area contributed by atoms with Crippen LogP contribution in [0.4, 0.5) is 0 Å². The maximum atomic E-state index is 4.30. The number of rotatable bonds is 3. The van der Waals surface area contributed by atoms with Crippen molar-refractivity contribution >= 4 is 0 Å². The fourth-order valence-electron chi connectivity index (χ4n) is 2.66. The maximum absolute atomic E-state index is 4.30. The molecule has 0 unspecified atom stereocenters. The largest absolute Gasteiger partial charge is 0.298 e. The summed E-state index contributed by atoms with van der Waals surface area (Å²) in [7, 11) is 2.00. The average Bonchev–Trinajstić information content (AvgIpc) is 3.06. The van der Waals surface area contributed by atoms with Crippen LogP contribution in [0.1, 0.15) is 29.3 Å². The van der Waals surface area contributed by atoms with Gasteiger partial charge >= 0.3 is 0 Å². The number of aromatic nitrogens is 4. The molecular formula is C13H19N5. The van der Waals surface area contributed by atoms with E-state index in [-0.39, 0.29) is 0 Å². The lowest BCUT2D eigenvalue weighted by molar-refractivity contribution is 0.325. The second-order valence-corrected chi connectivity index (χ2v) is 5.11. The van der Waals surface area contributed by atoms with Crippen LogP contribution < -0.4 is 0 Å². The second-order valence-electron chi connectivity index (χ2n) is 5.11. The van der Waals surface area contributed by atoms with Crippen molar-refractivity contribution in [2.45, 2.75) is 25.8 Å². The minimum absolute atomic E-state index is 0.601. The summed E-state index contributed by atoms with van der Waals surface area (Å²) in [6.07, 6.45) is 5.03. The number of aryl methyl sites for hydroxylation is 1. The third kappa shape index (κ3) is 2.06. The summed E-state index contributed by atoms with van der Waals surface area (Å²) in [5, 5.41) is 11.4. The summed E-state index contributed by atoms with van der Waals surface area (Å²) in [5.41, 5.74) is 3.86. The first-order valence-corrected chi connectivity index (χ1v) is 6.43. The smallest absolute Gasteiger partial charge is 0.0537 e. The van der Waals surface area contributed by atoms with Gasteiger partial charge in [-0.25, -0.2) is 0 Å². The molecule has 18 heavy (non-hydrogen) atoms. The Hall–Kier alpha value is -1.62. The normalized spacial score (nSPS) is 20.7. The number of nitrogens with zero attached hydrogens (tertiary/aromatic N) is 4. The summed E-state index contributed by atoms with van der Waals surface area (Å²) < 4.78 is 1.94. The minimum Gasteiger partial charge on any atom is -0.298 e. The summed E-state index contributed by atoms with van der Waals surface area (Å²) in [6, 6.07) is 2.09. The number of H-pyrrole nitrogens is 1. The first-order chi connectivity index (χ1) is 8.74. The molecule has 1 aliphatic rings. The predicted molar refractivity (Wildman–Crippen MR) is 69.2 cm³/mol. The highest BCUT2D eigenvalue weighted by Gasteiger charge is 2.25. The van der Waals surface area contributed by atoms with E-state index in [0.717, 1.165) is 19.6 Å². The zero-order valence-electron chi connectivity index (χ0n) is 10.9. The zero-order valence-corrected chi connectivity index (χ0v) is 10.9. The third-order valence-corrected chi connectivity index (χ3v) is 3.97. The van der Waals surface area contributed by atoms with Crippen molar-refractivity contribution in [3.05, 3.63) is 35.4 Å². The molecule has 1 atom stereocenters. The first-order valence-electron chi connectivity index (χ1n) is 6.43. The lowest BCUT2D eigenvalue weighted by Crippen LogP contribution is -2.20. The molecule has 0 amide bonds. The van der Waals surface area contributed by atoms with E-state index < -0.39 is 0 Å². The van der Waals surface area contributed by atoms with Crippen LogP contribution in [0.25, 0.3) is 0 Å². The van der Waals surface area contributed by atoms with Crippen LogP contribution in [-0.4, -0.2) is 38.0 Å². The molecule has 3 rings (SSSR count). The Morgan fingerprint density at radius 3 is 3.06 bits per heavy atom. The number of hydrogen-bond donors (Lipinski definition) is 1. The van der Waals surface area contributed by atoms with E-state index in [1.54, 1.807) is 0 Å². The van der Waals surface area contributed by atoms with E-state index in [1.807, 2.05) is 24.1 Å². The topological polar surface area (TPSA) is 49.7 Å². The van der Waals surface area contributed by atoms with E-state index in [2.05, 4.69) is 33.2 Å². The average molecular weight is 245 g/mol. The Balaban J connectivity index is 1.64. The molecule has 0 aliphatic carbocycles. The highest BCUT2D eigenvalue weighted by atomic mass is 15.3. The Kier molecular flexibility index (Phi) is 2.91. The molecule has 1 fully saturated rings. The van der Waals surface area contributed by atoms with Gasteiger partial charge in [0.1, 0.15) is 0 Å². The fraction of sp³-hybridized carbons (Fsp3) is 0.538. The van der Waals surface area contributed by atoms with Crippen molar-refractivity contribution in [2.75, 3.05) is 13.1 Å². The van der Waals surface area contributed by atoms with Gasteiger partial charge in [-0.2, -0.15) is 10.2 Å². The van der Waals surface area contributed by atoms with Gasteiger partial charge < -0.3 is 0 Å². The van der Waals surface area contributed by atoms with Crippen LogP contribution in [0, 0.1) is 6.92 Å². The van der Waals surface area contributed by atoms with Gasteiger partial charge in [0.25, 0.3) is 0 Å². The number of aromatic amines is 1. The predicted octanol–water partition coefficient (Wildman–Crippen LogP) is 1.44. The third-order valence-electron chi connectivity index (χ3n) is 3.97. The summed E-state index contributed by atoms with van der Waals surface area (Å²) in [5.74, 6) is 0.601. The van der Waals surface area contributed by atoms with Gasteiger partial charge in [-0.15, -0.1) is 0 Å². The SMILES string of the molecule is Cc1c(CN2CC[C@@H](c3ccn[nH]3)C2)cnn1C. The van der Waals surface area contributed by atoms with Crippen molar-refractivity contribution in [3.63, 3.8) is 0 Å². The van der Waals surface area contributed by atoms with Crippen molar-refractivity contribution in [1.29, 1.82) is 0 Å². The molecule has 96 valence electrons. The number of likely N-dealkylation sites (tertiary alicyclic amines) is 1. The number of hydrogen-bond acceptors (Lipinski definition) is 3. The highest BCUT2D eigenvalue weighted by molar-refractivity contribution is 5.16. The quantitative estimate of drug-likeness (QED) is 0.890. The van der Waals surface area contributed by atoms with E-state index in [0.29, 0.717) is 5.92 Å². The molecule has 1 aliphatic heterocycles. The fourth-order valence-corrected chi connectivity index (χ4v) is 2.66. The van der Waals surface area contributed by atoms with Crippen molar-refractivity contribution < 1.29 is 0 Å². The molecule has 0 radical (unpaired) electrons. The summed E-state index contributed by atoms with van der Waals surface area (Å²) in [4.78, 5) is 2.50. The van der Waals surface area contributed by atoms with E-state index in [1.165, 1.54) is 23.4 Å². The van der Waals surface area contributed by atoms with E-state index in [4.69, 9.17) is 0 Å². The van der Waals surface area contributed by atoms with Crippen LogP contribution in [-0.2, 0) is 13.6 Å². The van der Waals surface area contributed by atoms with Gasteiger partial charge in [0.2, 0.25) is 0 Å². The zero-order chi connectivity index (χ0) is 12.5. The van der Waals surface area contributed by atoms with Crippen LogP contribution in [0.3, 0.4) is 0 Å². The molecule has 0 bridgehead atoms. The van der Waals surface area contributed by atoms with Crippen LogP contribution in [0.2, 0.25) is 0 Å². The van der Waals surface area contributed by atoms with Crippen molar-refractivity contribution in [3.8, 4) is 0 Å². The Bertz CT molecular complexity index is 513. The molecule has 5 heteroatoms. The Labute approximate surface area is 107 Å². The molecule has 2 aromatic heterocycles. The van der Waals surface area contributed by atoms with Gasteiger partial charge in [-0.05, 0) is 26.0 Å². The standard InChI is InChI=1S/C13H19N5/c1-10-12(7-15-17(10)2)9-18-6-4-11(8-18)13-3-5-14-16-13/h3,5,7,11H,4,6,8-9H2,1-2H3,(H,14,16)/t11-/m1/s1. The molecular weight excluding hydrogens is 226 g/mol. The second kappa shape index (κ2) is 4.57. The highest BCUT2D eigenvalue weighted by Crippen LogP contribution is 2.26. The maximum Gasteiger partial charge on any atom is 0.0537 e. The van der Waals surface area contributed by atoms with Crippen LogP contribution >= 0.6 is 0 Å². The van der Waals surface area contributed by atoms with Gasteiger partial charge in [0.05, 0.1) is 6.20 Å².